The molecule has 0 saturated heterocycles. The average Bonchev–Trinajstić information content (AvgIpc) is 2.80. The standard InChI is InChI=1S/C30H50N2O5/c1-6-8-9-10-11-12-13-14-15-16-17-18-19-20-27(33)31-25-21-24(28(34)36-7-2)22-26(23-25)32-29(35)37-30(3,4)5/h21-23H,6-20H2,1-5H3,(H,31,33)(H,32,35). The van der Waals surface area contributed by atoms with E-state index in [0.29, 0.717) is 17.8 Å². The Balaban J connectivity index is 2.42. The fourth-order valence-electron chi connectivity index (χ4n) is 4.05. The Kier molecular flexibility index (Phi) is 16.4. The van der Waals surface area contributed by atoms with Crippen molar-refractivity contribution < 1.29 is 23.9 Å². The van der Waals surface area contributed by atoms with Gasteiger partial charge in [-0.25, -0.2) is 9.59 Å². The van der Waals surface area contributed by atoms with E-state index in [0.717, 1.165) is 19.3 Å². The van der Waals surface area contributed by atoms with Crippen LogP contribution in [0.1, 0.15) is 135 Å². The minimum absolute atomic E-state index is 0.118. The van der Waals surface area contributed by atoms with E-state index in [1.807, 2.05) is 0 Å². The molecule has 0 atom stereocenters. The zero-order valence-electron chi connectivity index (χ0n) is 23.9. The van der Waals surface area contributed by atoms with E-state index in [4.69, 9.17) is 9.47 Å². The molecule has 0 radical (unpaired) electrons. The van der Waals surface area contributed by atoms with Gasteiger partial charge in [-0.15, -0.1) is 0 Å². The number of ether oxygens (including phenoxy) is 2. The van der Waals surface area contributed by atoms with Gasteiger partial charge in [-0.05, 0) is 52.3 Å². The molecule has 0 unspecified atom stereocenters. The number of hydrogen-bond donors (Lipinski definition) is 2. The van der Waals surface area contributed by atoms with Crippen molar-refractivity contribution in [3.8, 4) is 0 Å². The number of unbranched alkanes of at least 4 members (excludes halogenated alkanes) is 12. The number of benzene rings is 1. The topological polar surface area (TPSA) is 93.7 Å². The smallest absolute Gasteiger partial charge is 0.412 e. The Morgan fingerprint density at radius 1 is 0.703 bits per heavy atom. The van der Waals surface area contributed by atoms with Gasteiger partial charge in [0.1, 0.15) is 5.60 Å². The monoisotopic (exact) mass is 518 g/mol. The van der Waals surface area contributed by atoms with Crippen LogP contribution in [0.15, 0.2) is 18.2 Å². The maximum absolute atomic E-state index is 12.5. The van der Waals surface area contributed by atoms with Crippen molar-refractivity contribution in [2.24, 2.45) is 0 Å². The third-order valence-corrected chi connectivity index (χ3v) is 5.88. The summed E-state index contributed by atoms with van der Waals surface area (Å²) in [6.07, 6.45) is 16.1. The molecule has 0 bridgehead atoms. The maximum atomic E-state index is 12.5. The first-order chi connectivity index (χ1) is 17.6. The summed E-state index contributed by atoms with van der Waals surface area (Å²) in [6, 6.07) is 4.67. The zero-order valence-corrected chi connectivity index (χ0v) is 23.9. The predicted molar refractivity (Wildman–Crippen MR) is 151 cm³/mol. The lowest BCUT2D eigenvalue weighted by Crippen LogP contribution is -2.27. The Bertz CT molecular complexity index is 817. The average molecular weight is 519 g/mol. The van der Waals surface area contributed by atoms with Gasteiger partial charge in [-0.2, -0.15) is 0 Å². The van der Waals surface area contributed by atoms with Gasteiger partial charge in [0.25, 0.3) is 0 Å². The summed E-state index contributed by atoms with van der Waals surface area (Å²) in [6.45, 7) is 9.50. The molecule has 7 heteroatoms. The van der Waals surface area contributed by atoms with E-state index in [1.165, 1.54) is 70.3 Å². The number of anilines is 2. The summed E-state index contributed by atoms with van der Waals surface area (Å²) in [5.41, 5.74) is 0.354. The number of amides is 2. The summed E-state index contributed by atoms with van der Waals surface area (Å²) in [5, 5.41) is 5.47. The van der Waals surface area contributed by atoms with Gasteiger partial charge in [-0.3, -0.25) is 10.1 Å². The van der Waals surface area contributed by atoms with E-state index in [-0.39, 0.29) is 18.1 Å². The van der Waals surface area contributed by atoms with Crippen molar-refractivity contribution in [3.63, 3.8) is 0 Å². The molecule has 0 aromatic heterocycles. The van der Waals surface area contributed by atoms with E-state index in [2.05, 4.69) is 17.6 Å². The summed E-state index contributed by atoms with van der Waals surface area (Å²) in [7, 11) is 0. The number of carbonyl (C=O) groups excluding carboxylic acids is 3. The van der Waals surface area contributed by atoms with E-state index < -0.39 is 17.7 Å². The molecule has 2 amide bonds. The highest BCUT2D eigenvalue weighted by Crippen LogP contribution is 2.22. The lowest BCUT2D eigenvalue weighted by molar-refractivity contribution is -0.116. The van der Waals surface area contributed by atoms with E-state index in [1.54, 1.807) is 39.8 Å². The van der Waals surface area contributed by atoms with Crippen LogP contribution in [0.3, 0.4) is 0 Å². The molecule has 7 nitrogen and oxygen atoms in total. The van der Waals surface area contributed by atoms with Gasteiger partial charge in [0.15, 0.2) is 0 Å². The molecule has 210 valence electrons. The highest BCUT2D eigenvalue weighted by molar-refractivity contribution is 5.97. The lowest BCUT2D eigenvalue weighted by Gasteiger charge is -2.20. The second-order valence-corrected chi connectivity index (χ2v) is 10.7. The first-order valence-electron chi connectivity index (χ1n) is 14.3. The Labute approximate surface area is 224 Å². The van der Waals surface area contributed by atoms with E-state index >= 15 is 0 Å². The summed E-state index contributed by atoms with van der Waals surface area (Å²) in [4.78, 5) is 37.0. The number of carbonyl (C=O) groups is 3. The van der Waals surface area contributed by atoms with Gasteiger partial charge in [-0.1, -0.05) is 84.0 Å². The Morgan fingerprint density at radius 2 is 1.19 bits per heavy atom. The van der Waals surface area contributed by atoms with Crippen LogP contribution in [0.5, 0.6) is 0 Å². The number of nitrogens with one attached hydrogen (secondary N) is 2. The third kappa shape index (κ3) is 16.7. The van der Waals surface area contributed by atoms with Crippen LogP contribution < -0.4 is 10.6 Å². The third-order valence-electron chi connectivity index (χ3n) is 5.88. The molecule has 0 saturated carbocycles. The van der Waals surface area contributed by atoms with Crippen molar-refractivity contribution in [1.29, 1.82) is 0 Å². The van der Waals surface area contributed by atoms with Crippen LogP contribution in [-0.2, 0) is 14.3 Å². The first kappa shape index (κ1) is 32.5. The molecule has 1 rings (SSSR count). The molecule has 0 heterocycles. The number of hydrogen-bond acceptors (Lipinski definition) is 5. The maximum Gasteiger partial charge on any atom is 0.412 e. The summed E-state index contributed by atoms with van der Waals surface area (Å²) in [5.74, 6) is -0.644. The molecule has 0 aliphatic carbocycles. The van der Waals surface area contributed by atoms with Gasteiger partial charge in [0.2, 0.25) is 5.91 Å². The predicted octanol–water partition coefficient (Wildman–Crippen LogP) is 8.63. The van der Waals surface area contributed by atoms with Crippen LogP contribution in [0, 0.1) is 0 Å². The van der Waals surface area contributed by atoms with Crippen LogP contribution in [0.25, 0.3) is 0 Å². The largest absolute Gasteiger partial charge is 0.462 e. The fourth-order valence-corrected chi connectivity index (χ4v) is 4.05. The lowest BCUT2D eigenvalue weighted by atomic mass is 10.0. The Hall–Kier alpha value is -2.57. The summed E-state index contributed by atoms with van der Waals surface area (Å²) < 4.78 is 10.4. The highest BCUT2D eigenvalue weighted by Gasteiger charge is 2.18. The molecule has 1 aromatic carbocycles. The molecular formula is C30H50N2O5. The van der Waals surface area contributed by atoms with E-state index in [9.17, 15) is 14.4 Å². The summed E-state index contributed by atoms with van der Waals surface area (Å²) >= 11 is 0. The first-order valence-corrected chi connectivity index (χ1v) is 14.3. The van der Waals surface area contributed by atoms with Crippen molar-refractivity contribution in [2.75, 3.05) is 17.2 Å². The van der Waals surface area contributed by atoms with Gasteiger partial charge >= 0.3 is 12.1 Å². The second kappa shape index (κ2) is 18.6. The van der Waals surface area contributed by atoms with Gasteiger partial charge in [0, 0.05) is 17.8 Å². The van der Waals surface area contributed by atoms with Crippen molar-refractivity contribution in [2.45, 2.75) is 130 Å². The minimum atomic E-state index is -0.659. The minimum Gasteiger partial charge on any atom is -0.462 e. The van der Waals surface area contributed by atoms with Crippen LogP contribution in [0.2, 0.25) is 0 Å². The van der Waals surface area contributed by atoms with Crippen molar-refractivity contribution >= 4 is 29.3 Å². The molecular weight excluding hydrogens is 468 g/mol. The fraction of sp³-hybridized carbons (Fsp3) is 0.700. The number of esters is 1. The molecule has 0 fully saturated rings. The van der Waals surface area contributed by atoms with Gasteiger partial charge < -0.3 is 14.8 Å². The molecule has 1 aromatic rings. The Morgan fingerprint density at radius 3 is 1.68 bits per heavy atom. The molecule has 37 heavy (non-hydrogen) atoms. The quantitative estimate of drug-likeness (QED) is 0.150. The normalized spacial score (nSPS) is 11.2. The van der Waals surface area contributed by atoms with Crippen LogP contribution >= 0.6 is 0 Å². The van der Waals surface area contributed by atoms with Crippen LogP contribution in [0.4, 0.5) is 16.2 Å². The highest BCUT2D eigenvalue weighted by atomic mass is 16.6. The second-order valence-electron chi connectivity index (χ2n) is 10.7. The van der Waals surface area contributed by atoms with Crippen molar-refractivity contribution in [1.82, 2.24) is 0 Å². The molecule has 0 spiro atoms. The van der Waals surface area contributed by atoms with Crippen LogP contribution in [-0.4, -0.2) is 30.2 Å². The number of rotatable bonds is 18. The zero-order chi connectivity index (χ0) is 27.5. The van der Waals surface area contributed by atoms with Crippen molar-refractivity contribution in [3.05, 3.63) is 23.8 Å². The molecule has 0 aliphatic heterocycles. The SMILES string of the molecule is CCCCCCCCCCCCCCCC(=O)Nc1cc(NC(=O)OC(C)(C)C)cc(C(=O)OCC)c1. The van der Waals surface area contributed by atoms with Gasteiger partial charge in [0.05, 0.1) is 12.2 Å². The molecule has 0 aliphatic rings. The molecule has 2 N–H and O–H groups in total.